The summed E-state index contributed by atoms with van der Waals surface area (Å²) in [6.07, 6.45) is 6.97. The van der Waals surface area contributed by atoms with E-state index in [4.69, 9.17) is 9.47 Å². The lowest BCUT2D eigenvalue weighted by atomic mass is 10.0. The lowest BCUT2D eigenvalue weighted by molar-refractivity contribution is -0.119. The van der Waals surface area contributed by atoms with Gasteiger partial charge in [0, 0.05) is 56.2 Å². The second-order valence-electron chi connectivity index (χ2n) is 7.42. The van der Waals surface area contributed by atoms with E-state index in [1.54, 1.807) is 14.2 Å². The molecule has 156 valence electrons. The molecule has 0 aliphatic carbocycles. The van der Waals surface area contributed by atoms with Crippen LogP contribution >= 0.6 is 0 Å². The number of rotatable bonds is 8. The van der Waals surface area contributed by atoms with Crippen molar-refractivity contribution < 1.29 is 14.3 Å². The Kier molecular flexibility index (Phi) is 7.47. The van der Waals surface area contributed by atoms with Crippen molar-refractivity contribution in [2.45, 2.75) is 45.2 Å². The smallest absolute Gasteiger partial charge is 0.227 e. The number of pyridine rings is 1. The maximum atomic E-state index is 13.0. The molecule has 1 aromatic carbocycles. The summed E-state index contributed by atoms with van der Waals surface area (Å²) in [5.74, 6) is 1.49. The van der Waals surface area contributed by atoms with E-state index in [-0.39, 0.29) is 11.9 Å². The minimum atomic E-state index is 0.173. The number of ether oxygens (including phenoxy) is 2. The van der Waals surface area contributed by atoms with Crippen LogP contribution in [0.2, 0.25) is 0 Å². The highest BCUT2D eigenvalue weighted by Gasteiger charge is 2.29. The molecule has 1 fully saturated rings. The fourth-order valence-electron chi connectivity index (χ4n) is 3.95. The number of amides is 1. The zero-order chi connectivity index (χ0) is 20.6. The van der Waals surface area contributed by atoms with Crippen molar-refractivity contribution in [3.8, 4) is 11.5 Å². The van der Waals surface area contributed by atoms with Gasteiger partial charge in [-0.15, -0.1) is 0 Å². The molecule has 0 N–H and O–H groups in total. The summed E-state index contributed by atoms with van der Waals surface area (Å²) in [4.78, 5) is 21.5. The zero-order valence-corrected chi connectivity index (χ0v) is 17.6. The molecule has 6 heteroatoms. The number of benzene rings is 1. The zero-order valence-electron chi connectivity index (χ0n) is 17.6. The van der Waals surface area contributed by atoms with Crippen LogP contribution < -0.4 is 14.4 Å². The quantitative estimate of drug-likeness (QED) is 0.676. The van der Waals surface area contributed by atoms with Crippen molar-refractivity contribution >= 4 is 11.6 Å². The van der Waals surface area contributed by atoms with Crippen LogP contribution in [0.15, 0.2) is 42.7 Å². The van der Waals surface area contributed by atoms with Crippen molar-refractivity contribution in [1.82, 2.24) is 9.88 Å². The van der Waals surface area contributed by atoms with Gasteiger partial charge in [-0.1, -0.05) is 6.92 Å². The minimum absolute atomic E-state index is 0.173. The van der Waals surface area contributed by atoms with Gasteiger partial charge >= 0.3 is 0 Å². The Morgan fingerprint density at radius 1 is 1.10 bits per heavy atom. The van der Waals surface area contributed by atoms with Crippen molar-refractivity contribution in [1.29, 1.82) is 0 Å². The maximum absolute atomic E-state index is 13.0. The normalized spacial score (nSPS) is 15.1. The number of piperidine rings is 1. The van der Waals surface area contributed by atoms with Gasteiger partial charge in [0.2, 0.25) is 5.91 Å². The molecule has 6 nitrogen and oxygen atoms in total. The molecule has 2 heterocycles. The van der Waals surface area contributed by atoms with E-state index in [9.17, 15) is 4.79 Å². The van der Waals surface area contributed by atoms with Gasteiger partial charge < -0.3 is 14.4 Å². The molecule has 0 radical (unpaired) electrons. The molecule has 2 aromatic rings. The third-order valence-corrected chi connectivity index (χ3v) is 5.46. The van der Waals surface area contributed by atoms with Crippen molar-refractivity contribution in [2.75, 3.05) is 32.2 Å². The number of aromatic nitrogens is 1. The Morgan fingerprint density at radius 2 is 1.79 bits per heavy atom. The molecule has 3 rings (SSSR count). The summed E-state index contributed by atoms with van der Waals surface area (Å²) in [6.45, 7) is 4.91. The summed E-state index contributed by atoms with van der Waals surface area (Å²) in [5.41, 5.74) is 2.16. The van der Waals surface area contributed by atoms with Gasteiger partial charge in [-0.25, -0.2) is 0 Å². The lowest BCUT2D eigenvalue weighted by Crippen LogP contribution is -2.47. The van der Waals surface area contributed by atoms with Crippen LogP contribution in [0.25, 0.3) is 0 Å². The van der Waals surface area contributed by atoms with Crippen molar-refractivity contribution in [3.05, 3.63) is 48.3 Å². The molecule has 1 aliphatic heterocycles. The minimum Gasteiger partial charge on any atom is -0.493 e. The maximum Gasteiger partial charge on any atom is 0.227 e. The van der Waals surface area contributed by atoms with Gasteiger partial charge in [0.05, 0.1) is 14.2 Å². The highest BCUT2D eigenvalue weighted by atomic mass is 16.5. The van der Waals surface area contributed by atoms with E-state index in [0.29, 0.717) is 17.9 Å². The molecule has 1 amide bonds. The summed E-state index contributed by atoms with van der Waals surface area (Å²) in [6, 6.07) is 10.1. The molecular formula is C23H31N3O3. The molecule has 29 heavy (non-hydrogen) atoms. The predicted molar refractivity (Wildman–Crippen MR) is 114 cm³/mol. The topological polar surface area (TPSA) is 54.9 Å². The first-order chi connectivity index (χ1) is 14.2. The van der Waals surface area contributed by atoms with E-state index in [2.05, 4.69) is 22.0 Å². The van der Waals surface area contributed by atoms with E-state index in [0.717, 1.165) is 44.6 Å². The Balaban J connectivity index is 1.74. The number of carbonyl (C=O) groups excluding carboxylic acids is 1. The molecule has 0 atom stereocenters. The molecule has 0 bridgehead atoms. The van der Waals surface area contributed by atoms with Crippen LogP contribution in [0.4, 0.5) is 5.69 Å². The molecule has 1 aromatic heterocycles. The first kappa shape index (κ1) is 21.1. The molecule has 0 spiro atoms. The van der Waals surface area contributed by atoms with E-state index >= 15 is 0 Å². The summed E-state index contributed by atoms with van der Waals surface area (Å²) in [7, 11) is 3.24. The van der Waals surface area contributed by atoms with Crippen LogP contribution in [0, 0.1) is 0 Å². The van der Waals surface area contributed by atoms with Gasteiger partial charge in [-0.05, 0) is 49.1 Å². The molecule has 0 saturated carbocycles. The summed E-state index contributed by atoms with van der Waals surface area (Å²) >= 11 is 0. The Bertz CT molecular complexity index is 789. The first-order valence-electron chi connectivity index (χ1n) is 10.3. The van der Waals surface area contributed by atoms with Crippen LogP contribution in [-0.2, 0) is 11.3 Å². The number of hydrogen-bond acceptors (Lipinski definition) is 5. The van der Waals surface area contributed by atoms with E-state index in [1.165, 1.54) is 5.56 Å². The standard InChI is InChI=1S/C23H31N3O3/c1-4-5-23(27)26(20-6-7-21(28-2)22(16-20)29-3)19-10-14-25(15-11-19)17-18-8-12-24-13-9-18/h6-9,12-13,16,19H,4-5,10-11,14-15,17H2,1-3H3. The monoisotopic (exact) mass is 397 g/mol. The largest absolute Gasteiger partial charge is 0.493 e. The van der Waals surface area contributed by atoms with Gasteiger partial charge in [-0.3, -0.25) is 14.7 Å². The Hall–Kier alpha value is -2.60. The third kappa shape index (κ3) is 5.26. The molecular weight excluding hydrogens is 366 g/mol. The molecule has 0 unspecified atom stereocenters. The summed E-state index contributed by atoms with van der Waals surface area (Å²) in [5, 5.41) is 0. The fourth-order valence-corrected chi connectivity index (χ4v) is 3.95. The number of nitrogens with zero attached hydrogens (tertiary/aromatic N) is 3. The average molecular weight is 398 g/mol. The van der Waals surface area contributed by atoms with Gasteiger partial charge in [0.15, 0.2) is 11.5 Å². The number of anilines is 1. The Morgan fingerprint density at radius 3 is 2.41 bits per heavy atom. The third-order valence-electron chi connectivity index (χ3n) is 5.46. The second-order valence-corrected chi connectivity index (χ2v) is 7.42. The van der Waals surface area contributed by atoms with Gasteiger partial charge in [-0.2, -0.15) is 0 Å². The predicted octanol–water partition coefficient (Wildman–Crippen LogP) is 3.90. The SMILES string of the molecule is CCCC(=O)N(c1ccc(OC)c(OC)c1)C1CCN(Cc2ccncc2)CC1. The van der Waals surface area contributed by atoms with Crippen LogP contribution in [0.1, 0.15) is 38.2 Å². The van der Waals surface area contributed by atoms with Crippen LogP contribution in [-0.4, -0.2) is 49.1 Å². The van der Waals surface area contributed by atoms with Gasteiger partial charge in [0.25, 0.3) is 0 Å². The lowest BCUT2D eigenvalue weighted by Gasteiger charge is -2.39. The molecule has 1 aliphatic rings. The highest BCUT2D eigenvalue weighted by molar-refractivity contribution is 5.94. The number of likely N-dealkylation sites (tertiary alicyclic amines) is 1. The number of hydrogen-bond donors (Lipinski definition) is 0. The van der Waals surface area contributed by atoms with Crippen LogP contribution in [0.5, 0.6) is 11.5 Å². The number of methoxy groups -OCH3 is 2. The average Bonchev–Trinajstić information content (AvgIpc) is 2.76. The fraction of sp³-hybridized carbons (Fsp3) is 0.478. The van der Waals surface area contributed by atoms with E-state index < -0.39 is 0 Å². The molecule has 1 saturated heterocycles. The Labute approximate surface area is 173 Å². The number of carbonyl (C=O) groups is 1. The van der Waals surface area contributed by atoms with Crippen LogP contribution in [0.3, 0.4) is 0 Å². The van der Waals surface area contributed by atoms with Crippen molar-refractivity contribution in [2.24, 2.45) is 0 Å². The van der Waals surface area contributed by atoms with Gasteiger partial charge in [0.1, 0.15) is 0 Å². The first-order valence-corrected chi connectivity index (χ1v) is 10.3. The highest BCUT2D eigenvalue weighted by Crippen LogP contribution is 2.34. The summed E-state index contributed by atoms with van der Waals surface area (Å²) < 4.78 is 10.8. The van der Waals surface area contributed by atoms with E-state index in [1.807, 2.05) is 42.4 Å². The second kappa shape index (κ2) is 10.3. The van der Waals surface area contributed by atoms with Crippen molar-refractivity contribution in [3.63, 3.8) is 0 Å².